The standard InChI is InChI=1S/C16H16N4/c1-11(13-6-5-9-17-10-13)18-16-15-8-4-3-7-14(15)12(2)19-20-16/h3-11H,1-2H3,(H,18,20). The predicted molar refractivity (Wildman–Crippen MR) is 80.5 cm³/mol. The number of pyridine rings is 1. The molecule has 0 radical (unpaired) electrons. The van der Waals surface area contributed by atoms with E-state index in [0.29, 0.717) is 0 Å². The second-order valence-corrected chi connectivity index (χ2v) is 4.83. The lowest BCUT2D eigenvalue weighted by Crippen LogP contribution is -2.09. The zero-order chi connectivity index (χ0) is 13.9. The lowest BCUT2D eigenvalue weighted by atomic mass is 10.1. The predicted octanol–water partition coefficient (Wildman–Crippen LogP) is 3.51. The second kappa shape index (κ2) is 5.25. The van der Waals surface area contributed by atoms with Crippen molar-refractivity contribution < 1.29 is 0 Å². The van der Waals surface area contributed by atoms with Crippen LogP contribution in [0.4, 0.5) is 5.82 Å². The Kier molecular flexibility index (Phi) is 3.29. The zero-order valence-electron chi connectivity index (χ0n) is 11.5. The number of hydrogen-bond acceptors (Lipinski definition) is 4. The first-order valence-corrected chi connectivity index (χ1v) is 6.64. The van der Waals surface area contributed by atoms with Gasteiger partial charge in [0.25, 0.3) is 0 Å². The SMILES string of the molecule is Cc1nnc(NC(C)c2cccnc2)c2ccccc12. The smallest absolute Gasteiger partial charge is 0.157 e. The van der Waals surface area contributed by atoms with Gasteiger partial charge >= 0.3 is 0 Å². The first kappa shape index (κ1) is 12.5. The number of hydrogen-bond donors (Lipinski definition) is 1. The van der Waals surface area contributed by atoms with Gasteiger partial charge in [0.1, 0.15) is 0 Å². The Bertz CT molecular complexity index is 725. The summed E-state index contributed by atoms with van der Waals surface area (Å²) in [5.74, 6) is 0.808. The molecule has 0 spiro atoms. The van der Waals surface area contributed by atoms with Gasteiger partial charge in [0, 0.05) is 23.2 Å². The van der Waals surface area contributed by atoms with Crippen LogP contribution in [0.1, 0.15) is 24.2 Å². The maximum atomic E-state index is 4.29. The van der Waals surface area contributed by atoms with Gasteiger partial charge in [-0.25, -0.2) is 0 Å². The number of anilines is 1. The van der Waals surface area contributed by atoms with E-state index in [2.05, 4.69) is 45.6 Å². The fraction of sp³-hybridized carbons (Fsp3) is 0.188. The van der Waals surface area contributed by atoms with E-state index in [1.54, 1.807) is 6.20 Å². The highest BCUT2D eigenvalue weighted by Gasteiger charge is 2.10. The van der Waals surface area contributed by atoms with Gasteiger partial charge in [-0.05, 0) is 25.5 Å². The molecule has 3 aromatic rings. The monoisotopic (exact) mass is 264 g/mol. The summed E-state index contributed by atoms with van der Waals surface area (Å²) in [6.45, 7) is 4.07. The zero-order valence-corrected chi connectivity index (χ0v) is 11.5. The maximum absolute atomic E-state index is 4.29. The largest absolute Gasteiger partial charge is 0.361 e. The first-order valence-electron chi connectivity index (χ1n) is 6.64. The van der Waals surface area contributed by atoms with Crippen LogP contribution >= 0.6 is 0 Å². The molecule has 3 rings (SSSR count). The van der Waals surface area contributed by atoms with Crippen molar-refractivity contribution in [2.24, 2.45) is 0 Å². The molecule has 1 aromatic carbocycles. The third kappa shape index (κ3) is 2.32. The van der Waals surface area contributed by atoms with Crippen molar-refractivity contribution in [3.63, 3.8) is 0 Å². The van der Waals surface area contributed by atoms with E-state index in [1.165, 1.54) is 0 Å². The molecule has 0 aliphatic heterocycles. The summed E-state index contributed by atoms with van der Waals surface area (Å²) in [5, 5.41) is 14.2. The molecule has 1 N–H and O–H groups in total. The van der Waals surface area contributed by atoms with Crippen LogP contribution in [0.3, 0.4) is 0 Å². The van der Waals surface area contributed by atoms with E-state index < -0.39 is 0 Å². The van der Waals surface area contributed by atoms with Gasteiger partial charge in [0.05, 0.1) is 11.7 Å². The molecule has 4 nitrogen and oxygen atoms in total. The first-order chi connectivity index (χ1) is 9.75. The Labute approximate surface area is 117 Å². The number of benzene rings is 1. The third-order valence-electron chi connectivity index (χ3n) is 3.41. The molecule has 0 amide bonds. The molecule has 4 heteroatoms. The van der Waals surface area contributed by atoms with Gasteiger partial charge < -0.3 is 5.32 Å². The lowest BCUT2D eigenvalue weighted by molar-refractivity contribution is 0.855. The van der Waals surface area contributed by atoms with Gasteiger partial charge in [-0.1, -0.05) is 30.3 Å². The van der Waals surface area contributed by atoms with E-state index in [1.807, 2.05) is 31.3 Å². The minimum atomic E-state index is 0.129. The lowest BCUT2D eigenvalue weighted by Gasteiger charge is -2.16. The Morgan fingerprint density at radius 2 is 1.80 bits per heavy atom. The van der Waals surface area contributed by atoms with Crippen LogP contribution < -0.4 is 5.32 Å². The van der Waals surface area contributed by atoms with Crippen molar-refractivity contribution in [1.29, 1.82) is 0 Å². The minimum Gasteiger partial charge on any atom is -0.361 e. The molecule has 1 unspecified atom stereocenters. The Hall–Kier alpha value is -2.49. The Morgan fingerprint density at radius 3 is 2.55 bits per heavy atom. The molecule has 0 saturated heterocycles. The quantitative estimate of drug-likeness (QED) is 0.786. The average Bonchev–Trinajstić information content (AvgIpc) is 2.51. The number of aromatic nitrogens is 3. The van der Waals surface area contributed by atoms with Crippen molar-refractivity contribution in [3.8, 4) is 0 Å². The van der Waals surface area contributed by atoms with Gasteiger partial charge in [0.2, 0.25) is 0 Å². The van der Waals surface area contributed by atoms with E-state index >= 15 is 0 Å². The maximum Gasteiger partial charge on any atom is 0.157 e. The van der Waals surface area contributed by atoms with E-state index in [0.717, 1.165) is 27.8 Å². The van der Waals surface area contributed by atoms with E-state index in [-0.39, 0.29) is 6.04 Å². The molecule has 0 bridgehead atoms. The summed E-state index contributed by atoms with van der Waals surface area (Å²) in [6, 6.07) is 12.3. The van der Waals surface area contributed by atoms with Crippen LogP contribution in [0.25, 0.3) is 10.8 Å². The van der Waals surface area contributed by atoms with Crippen molar-refractivity contribution in [1.82, 2.24) is 15.2 Å². The molecule has 0 aliphatic carbocycles. The summed E-state index contributed by atoms with van der Waals surface area (Å²) < 4.78 is 0. The normalized spacial score (nSPS) is 12.3. The molecule has 0 saturated carbocycles. The van der Waals surface area contributed by atoms with Crippen LogP contribution in [-0.2, 0) is 0 Å². The molecular weight excluding hydrogens is 248 g/mol. The topological polar surface area (TPSA) is 50.7 Å². The number of aryl methyl sites for hydroxylation is 1. The molecule has 0 aliphatic rings. The van der Waals surface area contributed by atoms with Crippen LogP contribution in [0.2, 0.25) is 0 Å². The average molecular weight is 264 g/mol. The second-order valence-electron chi connectivity index (χ2n) is 4.83. The molecule has 0 fully saturated rings. The molecule has 20 heavy (non-hydrogen) atoms. The van der Waals surface area contributed by atoms with Gasteiger partial charge in [-0.2, -0.15) is 5.10 Å². The molecule has 100 valence electrons. The van der Waals surface area contributed by atoms with Crippen LogP contribution in [0.15, 0.2) is 48.8 Å². The minimum absolute atomic E-state index is 0.129. The molecule has 2 aromatic heterocycles. The van der Waals surface area contributed by atoms with Crippen LogP contribution in [0, 0.1) is 6.92 Å². The Morgan fingerprint density at radius 1 is 1.00 bits per heavy atom. The van der Waals surface area contributed by atoms with Crippen LogP contribution in [-0.4, -0.2) is 15.2 Å². The fourth-order valence-electron chi connectivity index (χ4n) is 2.26. The molecular formula is C16H16N4. The summed E-state index contributed by atoms with van der Waals surface area (Å²) in [6.07, 6.45) is 3.64. The number of nitrogens with zero attached hydrogens (tertiary/aromatic N) is 3. The highest BCUT2D eigenvalue weighted by atomic mass is 15.2. The van der Waals surface area contributed by atoms with Gasteiger partial charge in [-0.15, -0.1) is 5.10 Å². The van der Waals surface area contributed by atoms with Crippen LogP contribution in [0.5, 0.6) is 0 Å². The van der Waals surface area contributed by atoms with Crippen molar-refractivity contribution in [2.75, 3.05) is 5.32 Å². The highest BCUT2D eigenvalue weighted by Crippen LogP contribution is 2.25. The van der Waals surface area contributed by atoms with Crippen molar-refractivity contribution >= 4 is 16.6 Å². The van der Waals surface area contributed by atoms with E-state index in [4.69, 9.17) is 0 Å². The fourth-order valence-corrected chi connectivity index (χ4v) is 2.26. The summed E-state index contributed by atoms with van der Waals surface area (Å²) in [4.78, 5) is 4.15. The summed E-state index contributed by atoms with van der Waals surface area (Å²) in [5.41, 5.74) is 2.07. The number of nitrogens with one attached hydrogen (secondary N) is 1. The summed E-state index contributed by atoms with van der Waals surface area (Å²) in [7, 11) is 0. The Balaban J connectivity index is 1.97. The van der Waals surface area contributed by atoms with Gasteiger partial charge in [0.15, 0.2) is 5.82 Å². The highest BCUT2D eigenvalue weighted by molar-refractivity contribution is 5.92. The third-order valence-corrected chi connectivity index (χ3v) is 3.41. The number of rotatable bonds is 3. The van der Waals surface area contributed by atoms with E-state index in [9.17, 15) is 0 Å². The molecule has 2 heterocycles. The van der Waals surface area contributed by atoms with Crippen molar-refractivity contribution in [3.05, 3.63) is 60.0 Å². The number of fused-ring (bicyclic) bond motifs is 1. The molecule has 1 atom stereocenters. The van der Waals surface area contributed by atoms with Crippen molar-refractivity contribution in [2.45, 2.75) is 19.9 Å². The summed E-state index contributed by atoms with van der Waals surface area (Å²) >= 11 is 0. The van der Waals surface area contributed by atoms with Gasteiger partial charge in [-0.3, -0.25) is 4.98 Å².